The number of carbonyl (C=O) groups is 1. The zero-order chi connectivity index (χ0) is 14.4. The summed E-state index contributed by atoms with van der Waals surface area (Å²) in [7, 11) is 3.57. The number of hydrogen-bond acceptors (Lipinski definition) is 5. The van der Waals surface area contributed by atoms with Crippen LogP contribution in [0.2, 0.25) is 0 Å². The van der Waals surface area contributed by atoms with E-state index in [1.54, 1.807) is 31.1 Å². The van der Waals surface area contributed by atoms with Crippen LogP contribution >= 0.6 is 24.0 Å². The van der Waals surface area contributed by atoms with Gasteiger partial charge in [0.15, 0.2) is 0 Å². The van der Waals surface area contributed by atoms with Crippen molar-refractivity contribution in [3.8, 4) is 0 Å². The molecule has 6 nitrogen and oxygen atoms in total. The zero-order valence-corrected chi connectivity index (χ0v) is 12.1. The highest BCUT2D eigenvalue weighted by Gasteiger charge is 2.15. The summed E-state index contributed by atoms with van der Waals surface area (Å²) in [4.78, 5) is 23.6. The Morgan fingerprint density at radius 1 is 1.47 bits per heavy atom. The lowest BCUT2D eigenvalue weighted by molar-refractivity contribution is -0.383. The highest BCUT2D eigenvalue weighted by molar-refractivity contribution is 8.23. The molecule has 102 valence electrons. The maximum absolute atomic E-state index is 11.7. The van der Waals surface area contributed by atoms with Crippen LogP contribution in [0.4, 0.5) is 11.4 Å². The number of thiocarbonyl (C=S) groups is 1. The Balaban J connectivity index is 2.63. The van der Waals surface area contributed by atoms with Crippen molar-refractivity contribution in [1.82, 2.24) is 4.90 Å². The first kappa shape index (κ1) is 15.4. The molecule has 0 radical (unpaired) electrons. The number of nitrogens with zero attached hydrogens (tertiary/aromatic N) is 2. The number of rotatable bonds is 4. The average molecular weight is 299 g/mol. The topological polar surface area (TPSA) is 75.5 Å². The Bertz CT molecular complexity index is 506. The molecule has 0 aliphatic carbocycles. The minimum absolute atomic E-state index is 0.114. The Hall–Kier alpha value is -1.67. The van der Waals surface area contributed by atoms with Gasteiger partial charge in [-0.2, -0.15) is 0 Å². The van der Waals surface area contributed by atoms with E-state index in [1.807, 2.05) is 0 Å². The van der Waals surface area contributed by atoms with Crippen LogP contribution in [-0.2, 0) is 4.79 Å². The molecule has 19 heavy (non-hydrogen) atoms. The maximum atomic E-state index is 11.7. The number of hydrogen-bond donors (Lipinski definition) is 1. The van der Waals surface area contributed by atoms with Gasteiger partial charge in [-0.15, -0.1) is 0 Å². The van der Waals surface area contributed by atoms with E-state index in [4.69, 9.17) is 12.2 Å². The van der Waals surface area contributed by atoms with Gasteiger partial charge in [0.1, 0.15) is 10.0 Å². The number of nitro groups is 1. The normalized spacial score (nSPS) is 9.79. The molecule has 8 heteroatoms. The van der Waals surface area contributed by atoms with E-state index in [-0.39, 0.29) is 23.0 Å². The first-order chi connectivity index (χ1) is 8.91. The van der Waals surface area contributed by atoms with Crippen molar-refractivity contribution in [3.05, 3.63) is 34.4 Å². The molecule has 0 fully saturated rings. The summed E-state index contributed by atoms with van der Waals surface area (Å²) in [6.45, 7) is 0. The summed E-state index contributed by atoms with van der Waals surface area (Å²) in [5.74, 6) is -0.216. The van der Waals surface area contributed by atoms with E-state index >= 15 is 0 Å². The molecule has 0 aliphatic heterocycles. The molecule has 0 aliphatic rings. The summed E-state index contributed by atoms with van der Waals surface area (Å²) in [5, 5.41) is 13.3. The Morgan fingerprint density at radius 3 is 2.68 bits per heavy atom. The highest BCUT2D eigenvalue weighted by Crippen LogP contribution is 2.23. The van der Waals surface area contributed by atoms with E-state index < -0.39 is 4.92 Å². The lowest BCUT2D eigenvalue weighted by Gasteiger charge is -2.12. The first-order valence-electron chi connectivity index (χ1n) is 5.29. The molecule has 0 spiro atoms. The van der Waals surface area contributed by atoms with Crippen LogP contribution in [0.1, 0.15) is 0 Å². The number of para-hydroxylation sites is 2. The molecule has 0 saturated carbocycles. The number of carbonyl (C=O) groups excluding carboxylic acids is 1. The van der Waals surface area contributed by atoms with Crippen LogP contribution < -0.4 is 5.32 Å². The second-order valence-corrected chi connectivity index (χ2v) is 5.38. The molecule has 1 amide bonds. The van der Waals surface area contributed by atoms with E-state index in [0.29, 0.717) is 4.32 Å². The van der Waals surface area contributed by atoms with Crippen molar-refractivity contribution in [2.45, 2.75) is 0 Å². The molecule has 1 aromatic carbocycles. The molecule has 0 unspecified atom stereocenters. The third kappa shape index (κ3) is 4.84. The average Bonchev–Trinajstić information content (AvgIpc) is 2.36. The molecule has 1 rings (SSSR count). The minimum Gasteiger partial charge on any atom is -0.364 e. The summed E-state index contributed by atoms with van der Waals surface area (Å²) in [6, 6.07) is 6.00. The second-order valence-electron chi connectivity index (χ2n) is 3.77. The highest BCUT2D eigenvalue weighted by atomic mass is 32.2. The third-order valence-electron chi connectivity index (χ3n) is 2.07. The maximum Gasteiger partial charge on any atom is 0.292 e. The van der Waals surface area contributed by atoms with Crippen LogP contribution in [0.5, 0.6) is 0 Å². The largest absolute Gasteiger partial charge is 0.364 e. The molecule has 0 bridgehead atoms. The molecule has 0 saturated heterocycles. The van der Waals surface area contributed by atoms with Crippen molar-refractivity contribution < 1.29 is 9.72 Å². The van der Waals surface area contributed by atoms with Crippen molar-refractivity contribution in [2.75, 3.05) is 25.2 Å². The first-order valence-corrected chi connectivity index (χ1v) is 6.68. The molecule has 1 aromatic rings. The number of nitrogens with one attached hydrogen (secondary N) is 1. The van der Waals surface area contributed by atoms with Gasteiger partial charge in [-0.05, 0) is 6.07 Å². The number of anilines is 1. The second kappa shape index (κ2) is 7.05. The fourth-order valence-electron chi connectivity index (χ4n) is 1.18. The SMILES string of the molecule is CN(C)C(=S)SCC(=O)Nc1ccccc1[N+](=O)[O-]. The smallest absolute Gasteiger partial charge is 0.292 e. The number of amides is 1. The molecular weight excluding hydrogens is 286 g/mol. The molecular formula is C11H13N3O3S2. The lowest BCUT2D eigenvalue weighted by atomic mass is 10.2. The van der Waals surface area contributed by atoms with Gasteiger partial charge < -0.3 is 10.2 Å². The van der Waals surface area contributed by atoms with E-state index in [1.165, 1.54) is 23.9 Å². The van der Waals surface area contributed by atoms with E-state index in [9.17, 15) is 14.9 Å². The van der Waals surface area contributed by atoms with Gasteiger partial charge in [-0.3, -0.25) is 14.9 Å². The number of thioether (sulfide) groups is 1. The summed E-state index contributed by atoms with van der Waals surface area (Å²) in [6.07, 6.45) is 0. The Kier molecular flexibility index (Phi) is 5.71. The van der Waals surface area contributed by atoms with Gasteiger partial charge >= 0.3 is 0 Å². The monoisotopic (exact) mass is 299 g/mol. The van der Waals surface area contributed by atoms with Crippen LogP contribution in [0, 0.1) is 10.1 Å². The van der Waals surface area contributed by atoms with Crippen LogP contribution in [0.15, 0.2) is 24.3 Å². The van der Waals surface area contributed by atoms with Crippen LogP contribution in [-0.4, -0.2) is 39.9 Å². The third-order valence-corrected chi connectivity index (χ3v) is 3.80. The Labute approximate surface area is 120 Å². The van der Waals surface area contributed by atoms with Gasteiger partial charge in [-0.25, -0.2) is 0 Å². The molecule has 0 atom stereocenters. The van der Waals surface area contributed by atoms with Crippen molar-refractivity contribution in [3.63, 3.8) is 0 Å². The predicted octanol–water partition coefficient (Wildman–Crippen LogP) is 2.11. The van der Waals surface area contributed by atoms with Crippen molar-refractivity contribution in [1.29, 1.82) is 0 Å². The summed E-state index contributed by atoms with van der Waals surface area (Å²) >= 11 is 6.23. The van der Waals surface area contributed by atoms with Gasteiger partial charge in [0.25, 0.3) is 5.69 Å². The fraction of sp³-hybridized carbons (Fsp3) is 0.273. The van der Waals surface area contributed by atoms with E-state index in [2.05, 4.69) is 5.32 Å². The zero-order valence-electron chi connectivity index (χ0n) is 10.5. The number of nitro benzene ring substituents is 1. The van der Waals surface area contributed by atoms with Crippen molar-refractivity contribution >= 4 is 45.6 Å². The van der Waals surface area contributed by atoms with Crippen LogP contribution in [0.25, 0.3) is 0 Å². The Morgan fingerprint density at radius 2 is 2.11 bits per heavy atom. The summed E-state index contributed by atoms with van der Waals surface area (Å²) < 4.78 is 0.581. The van der Waals surface area contributed by atoms with Crippen molar-refractivity contribution in [2.24, 2.45) is 0 Å². The van der Waals surface area contributed by atoms with Gasteiger partial charge in [-0.1, -0.05) is 36.1 Å². The standard InChI is InChI=1S/C11H13N3O3S2/c1-13(2)11(18)19-7-10(15)12-8-5-3-4-6-9(8)14(16)17/h3-6H,7H2,1-2H3,(H,12,15). The van der Waals surface area contributed by atoms with E-state index in [0.717, 1.165) is 0 Å². The predicted molar refractivity (Wildman–Crippen MR) is 80.5 cm³/mol. The number of benzene rings is 1. The quantitative estimate of drug-likeness (QED) is 0.521. The van der Waals surface area contributed by atoms with Crippen LogP contribution in [0.3, 0.4) is 0 Å². The lowest BCUT2D eigenvalue weighted by Crippen LogP contribution is -2.21. The van der Waals surface area contributed by atoms with Gasteiger partial charge in [0.2, 0.25) is 5.91 Å². The molecule has 0 aromatic heterocycles. The van der Waals surface area contributed by atoms with Gasteiger partial charge in [0.05, 0.1) is 10.7 Å². The van der Waals surface area contributed by atoms with Gasteiger partial charge in [0, 0.05) is 20.2 Å². The molecule has 0 heterocycles. The summed E-state index contributed by atoms with van der Waals surface area (Å²) in [5.41, 5.74) is 0.0601. The molecule has 1 N–H and O–H groups in total. The minimum atomic E-state index is -0.535. The fourth-order valence-corrected chi connectivity index (χ4v) is 1.94.